The van der Waals surface area contributed by atoms with E-state index >= 15 is 0 Å². The van der Waals surface area contributed by atoms with Gasteiger partial charge in [-0.05, 0) is 25.2 Å². The molecule has 19 heavy (non-hydrogen) atoms. The average Bonchev–Trinajstić information content (AvgIpc) is 2.37. The van der Waals surface area contributed by atoms with E-state index in [2.05, 4.69) is 31.0 Å². The zero-order chi connectivity index (χ0) is 13.7. The van der Waals surface area contributed by atoms with Gasteiger partial charge in [0.15, 0.2) is 0 Å². The van der Waals surface area contributed by atoms with Crippen molar-refractivity contribution in [3.63, 3.8) is 0 Å². The summed E-state index contributed by atoms with van der Waals surface area (Å²) >= 11 is 0. The Morgan fingerprint density at radius 2 is 1.68 bits per heavy atom. The van der Waals surface area contributed by atoms with Crippen LogP contribution in [0, 0.1) is 5.92 Å². The van der Waals surface area contributed by atoms with Crippen molar-refractivity contribution in [2.45, 2.75) is 90.3 Å². The van der Waals surface area contributed by atoms with Crippen molar-refractivity contribution >= 4 is 0 Å². The molecule has 2 atom stereocenters. The van der Waals surface area contributed by atoms with Gasteiger partial charge >= 0.3 is 0 Å². The molecule has 2 nitrogen and oxygen atoms in total. The van der Waals surface area contributed by atoms with E-state index in [1.165, 1.54) is 64.5 Å². The van der Waals surface area contributed by atoms with Gasteiger partial charge in [0.2, 0.25) is 0 Å². The molecule has 2 rings (SSSR count). The Labute approximate surface area is 120 Å². The van der Waals surface area contributed by atoms with Gasteiger partial charge in [-0.15, -0.1) is 0 Å². The molecular weight excluding hydrogens is 232 g/mol. The maximum atomic E-state index is 3.76. The Balaban J connectivity index is 2.01. The standard InChI is InChI=1S/C17H34N2/c1-4-15-13-19(17(12-18-15)14(2)3)16-10-8-6-5-7-9-11-16/h14-18H,4-13H2,1-3H3. The van der Waals surface area contributed by atoms with E-state index in [1.807, 2.05) is 0 Å². The van der Waals surface area contributed by atoms with E-state index in [4.69, 9.17) is 0 Å². The third kappa shape index (κ3) is 4.19. The monoisotopic (exact) mass is 266 g/mol. The van der Waals surface area contributed by atoms with Crippen LogP contribution in [0.1, 0.15) is 72.1 Å². The predicted molar refractivity (Wildman–Crippen MR) is 83.5 cm³/mol. The Bertz CT molecular complexity index is 244. The number of rotatable bonds is 3. The van der Waals surface area contributed by atoms with Crippen molar-refractivity contribution in [2.75, 3.05) is 13.1 Å². The first-order chi connectivity index (χ1) is 9.22. The normalized spacial score (nSPS) is 32.2. The average molecular weight is 266 g/mol. The van der Waals surface area contributed by atoms with E-state index in [-0.39, 0.29) is 0 Å². The van der Waals surface area contributed by atoms with E-state index in [9.17, 15) is 0 Å². The summed E-state index contributed by atoms with van der Waals surface area (Å²) in [6, 6.07) is 2.34. The van der Waals surface area contributed by atoms with Crippen molar-refractivity contribution in [1.29, 1.82) is 0 Å². The number of piperazine rings is 1. The third-order valence-electron chi connectivity index (χ3n) is 5.28. The summed E-state index contributed by atoms with van der Waals surface area (Å²) in [5.41, 5.74) is 0. The number of hydrogen-bond acceptors (Lipinski definition) is 2. The van der Waals surface area contributed by atoms with Crippen LogP contribution in [0.5, 0.6) is 0 Å². The molecule has 1 saturated carbocycles. The zero-order valence-electron chi connectivity index (χ0n) is 13.3. The van der Waals surface area contributed by atoms with Crippen LogP contribution in [-0.2, 0) is 0 Å². The van der Waals surface area contributed by atoms with E-state index < -0.39 is 0 Å². The molecule has 0 aromatic carbocycles. The highest BCUT2D eigenvalue weighted by atomic mass is 15.3. The van der Waals surface area contributed by atoms with Gasteiger partial charge in [-0.25, -0.2) is 0 Å². The highest BCUT2D eigenvalue weighted by Gasteiger charge is 2.33. The summed E-state index contributed by atoms with van der Waals surface area (Å²) < 4.78 is 0. The second-order valence-corrected chi connectivity index (χ2v) is 7.02. The molecule has 0 bridgehead atoms. The summed E-state index contributed by atoms with van der Waals surface area (Å²) in [5, 5.41) is 3.76. The molecule has 1 aliphatic heterocycles. The Morgan fingerprint density at radius 1 is 1.05 bits per heavy atom. The molecule has 0 aromatic heterocycles. The lowest BCUT2D eigenvalue weighted by molar-refractivity contribution is 0.0430. The fourth-order valence-corrected chi connectivity index (χ4v) is 3.94. The quantitative estimate of drug-likeness (QED) is 0.835. The first kappa shape index (κ1) is 15.3. The third-order valence-corrected chi connectivity index (χ3v) is 5.28. The van der Waals surface area contributed by atoms with Crippen LogP contribution in [0.4, 0.5) is 0 Å². The molecule has 1 N–H and O–H groups in total. The topological polar surface area (TPSA) is 15.3 Å². The van der Waals surface area contributed by atoms with Gasteiger partial charge in [-0.2, -0.15) is 0 Å². The van der Waals surface area contributed by atoms with Crippen LogP contribution < -0.4 is 5.32 Å². The maximum absolute atomic E-state index is 3.76. The minimum absolute atomic E-state index is 0.723. The molecule has 112 valence electrons. The van der Waals surface area contributed by atoms with Crippen molar-refractivity contribution in [3.8, 4) is 0 Å². The van der Waals surface area contributed by atoms with Crippen molar-refractivity contribution in [3.05, 3.63) is 0 Å². The molecule has 2 heteroatoms. The lowest BCUT2D eigenvalue weighted by Gasteiger charge is -2.47. The lowest BCUT2D eigenvalue weighted by Crippen LogP contribution is -2.61. The summed E-state index contributed by atoms with van der Waals surface area (Å²) in [7, 11) is 0. The van der Waals surface area contributed by atoms with E-state index in [0.29, 0.717) is 0 Å². The predicted octanol–water partition coefficient (Wildman–Crippen LogP) is 3.81. The smallest absolute Gasteiger partial charge is 0.0247 e. The van der Waals surface area contributed by atoms with Gasteiger partial charge in [0.1, 0.15) is 0 Å². The molecule has 1 heterocycles. The van der Waals surface area contributed by atoms with Gasteiger partial charge < -0.3 is 5.32 Å². The van der Waals surface area contributed by atoms with Crippen LogP contribution in [0.2, 0.25) is 0 Å². The highest BCUT2D eigenvalue weighted by molar-refractivity contribution is 4.91. The Hall–Kier alpha value is -0.0800. The molecule has 0 aromatic rings. The molecule has 1 aliphatic carbocycles. The molecule has 2 unspecified atom stereocenters. The number of nitrogens with zero attached hydrogens (tertiary/aromatic N) is 1. The van der Waals surface area contributed by atoms with Crippen LogP contribution in [-0.4, -0.2) is 36.1 Å². The number of nitrogens with one attached hydrogen (secondary N) is 1. The van der Waals surface area contributed by atoms with Crippen LogP contribution in [0.3, 0.4) is 0 Å². The lowest BCUT2D eigenvalue weighted by atomic mass is 9.90. The van der Waals surface area contributed by atoms with Crippen molar-refractivity contribution in [1.82, 2.24) is 10.2 Å². The molecule has 0 radical (unpaired) electrons. The molecule has 0 amide bonds. The second kappa shape index (κ2) is 7.64. The Morgan fingerprint density at radius 3 is 2.26 bits per heavy atom. The van der Waals surface area contributed by atoms with Gasteiger partial charge in [0, 0.05) is 31.2 Å². The van der Waals surface area contributed by atoms with Crippen molar-refractivity contribution in [2.24, 2.45) is 5.92 Å². The first-order valence-corrected chi connectivity index (χ1v) is 8.71. The summed E-state index contributed by atoms with van der Waals surface area (Å²) in [5.74, 6) is 0.774. The molecular formula is C17H34N2. The SMILES string of the molecule is CCC1CN(C2CCCCCCC2)C(C(C)C)CN1. The summed E-state index contributed by atoms with van der Waals surface area (Å²) in [4.78, 5) is 2.89. The van der Waals surface area contributed by atoms with Gasteiger partial charge in [-0.1, -0.05) is 52.9 Å². The summed E-state index contributed by atoms with van der Waals surface area (Å²) in [6.45, 7) is 9.60. The van der Waals surface area contributed by atoms with Crippen LogP contribution in [0.25, 0.3) is 0 Å². The second-order valence-electron chi connectivity index (χ2n) is 7.02. The zero-order valence-corrected chi connectivity index (χ0v) is 13.3. The summed E-state index contributed by atoms with van der Waals surface area (Å²) in [6.07, 6.45) is 11.5. The molecule has 1 saturated heterocycles. The van der Waals surface area contributed by atoms with E-state index in [0.717, 1.165) is 24.0 Å². The first-order valence-electron chi connectivity index (χ1n) is 8.71. The fraction of sp³-hybridized carbons (Fsp3) is 1.00. The van der Waals surface area contributed by atoms with Gasteiger partial charge in [-0.3, -0.25) is 4.90 Å². The fourth-order valence-electron chi connectivity index (χ4n) is 3.94. The molecule has 0 spiro atoms. The van der Waals surface area contributed by atoms with E-state index in [1.54, 1.807) is 0 Å². The maximum Gasteiger partial charge on any atom is 0.0247 e. The highest BCUT2D eigenvalue weighted by Crippen LogP contribution is 2.27. The minimum Gasteiger partial charge on any atom is -0.311 e. The van der Waals surface area contributed by atoms with Crippen LogP contribution in [0.15, 0.2) is 0 Å². The van der Waals surface area contributed by atoms with Gasteiger partial charge in [0.25, 0.3) is 0 Å². The van der Waals surface area contributed by atoms with Gasteiger partial charge in [0.05, 0.1) is 0 Å². The molecule has 2 fully saturated rings. The van der Waals surface area contributed by atoms with Crippen LogP contribution >= 0.6 is 0 Å². The number of hydrogen-bond donors (Lipinski definition) is 1. The molecule has 2 aliphatic rings. The minimum atomic E-state index is 0.723. The largest absolute Gasteiger partial charge is 0.311 e. The van der Waals surface area contributed by atoms with Crippen molar-refractivity contribution < 1.29 is 0 Å². The Kier molecular flexibility index (Phi) is 6.15.